The number of carbonyl (C=O) groups is 2. The molecule has 8 nitrogen and oxygen atoms in total. The number of benzene rings is 2. The molecule has 1 aromatic heterocycles. The van der Waals surface area contributed by atoms with Crippen molar-refractivity contribution in [2.45, 2.75) is 0 Å². The zero-order valence-corrected chi connectivity index (χ0v) is 17.6. The van der Waals surface area contributed by atoms with Crippen LogP contribution in [-0.4, -0.2) is 53.0 Å². The molecule has 1 heterocycles. The van der Waals surface area contributed by atoms with E-state index >= 15 is 0 Å². The number of halogens is 1. The van der Waals surface area contributed by atoms with Gasteiger partial charge in [0.2, 0.25) is 5.75 Å². The average molecular weight is 460 g/mol. The third-order valence-corrected chi connectivity index (χ3v) is 4.79. The fourth-order valence-corrected chi connectivity index (χ4v) is 3.19. The van der Waals surface area contributed by atoms with Gasteiger partial charge in [0.15, 0.2) is 23.1 Å². The van der Waals surface area contributed by atoms with Crippen molar-refractivity contribution in [3.63, 3.8) is 0 Å². The van der Waals surface area contributed by atoms with E-state index in [1.54, 1.807) is 30.3 Å². The van der Waals surface area contributed by atoms with Crippen LogP contribution in [0.5, 0.6) is 17.2 Å². The molecule has 0 spiro atoms. The molecule has 2 aromatic carbocycles. The lowest BCUT2D eigenvalue weighted by Crippen LogP contribution is -2.11. The molecule has 0 aliphatic carbocycles. The van der Waals surface area contributed by atoms with Crippen LogP contribution in [-0.2, 0) is 0 Å². The zero-order chi connectivity index (χ0) is 21.0. The van der Waals surface area contributed by atoms with E-state index in [1.165, 1.54) is 38.7 Å². The summed E-state index contributed by atoms with van der Waals surface area (Å²) in [5, 5.41) is 4.28. The fraction of sp³-hybridized carbons (Fsp3) is 0.200. The predicted octanol–water partition coefficient (Wildman–Crippen LogP) is 3.10. The van der Waals surface area contributed by atoms with E-state index in [0.29, 0.717) is 39.6 Å². The Hall–Kier alpha value is -3.20. The van der Waals surface area contributed by atoms with Crippen molar-refractivity contribution in [3.8, 4) is 22.9 Å². The van der Waals surface area contributed by atoms with Gasteiger partial charge >= 0.3 is 0 Å². The maximum absolute atomic E-state index is 13.3. The number of hydrogen-bond donors (Lipinski definition) is 0. The molecule has 0 saturated carbocycles. The number of Topliss-reactive ketones (excluding diaryl/α,β-unsaturated/α-hetero) is 1. The summed E-state index contributed by atoms with van der Waals surface area (Å²) in [5.41, 5.74) is 1.57. The number of aromatic nitrogens is 3. The first-order valence-corrected chi connectivity index (χ1v) is 9.59. The Kier molecular flexibility index (Phi) is 6.28. The first kappa shape index (κ1) is 20.5. The molecule has 0 radical (unpaired) electrons. The highest BCUT2D eigenvalue weighted by Crippen LogP contribution is 2.39. The number of ether oxygens (including phenoxy) is 3. The maximum Gasteiger partial charge on any atom is 0.203 e. The van der Waals surface area contributed by atoms with E-state index in [2.05, 4.69) is 26.0 Å². The summed E-state index contributed by atoms with van der Waals surface area (Å²) < 4.78 is 17.4. The van der Waals surface area contributed by atoms with Crippen molar-refractivity contribution >= 4 is 27.5 Å². The van der Waals surface area contributed by atoms with Crippen molar-refractivity contribution in [1.82, 2.24) is 14.8 Å². The molecular formula is C20H18BrN3O5. The fourth-order valence-electron chi connectivity index (χ4n) is 2.86. The molecule has 0 fully saturated rings. The Balaban J connectivity index is 2.16. The minimum Gasteiger partial charge on any atom is -0.493 e. The summed E-state index contributed by atoms with van der Waals surface area (Å²) in [6.07, 6.45) is 2.82. The van der Waals surface area contributed by atoms with E-state index < -0.39 is 0 Å². The summed E-state index contributed by atoms with van der Waals surface area (Å²) in [6, 6.07) is 7.97. The van der Waals surface area contributed by atoms with Crippen LogP contribution < -0.4 is 14.2 Å². The Bertz CT molecular complexity index is 1030. The van der Waals surface area contributed by atoms with Crippen LogP contribution in [0.15, 0.2) is 43.0 Å². The van der Waals surface area contributed by atoms with Crippen LogP contribution in [0.25, 0.3) is 5.69 Å². The van der Waals surface area contributed by atoms with Gasteiger partial charge in [0.05, 0.1) is 32.3 Å². The number of hydrogen-bond acceptors (Lipinski definition) is 7. The lowest BCUT2D eigenvalue weighted by Gasteiger charge is -2.15. The number of rotatable bonds is 8. The molecule has 0 saturated heterocycles. The standard InChI is InChI=1S/C20H18BrN3O5/c1-27-17-7-13(8-18(28-2)20(17)29-3)19(26)14-5-4-12(16(25)9-21)6-15(14)24-11-22-10-23-24/h4-8,10-11H,9H2,1-3H3. The first-order valence-electron chi connectivity index (χ1n) is 8.47. The van der Waals surface area contributed by atoms with Crippen molar-refractivity contribution in [2.24, 2.45) is 0 Å². The molecule has 0 unspecified atom stereocenters. The number of alkyl halides is 1. The van der Waals surface area contributed by atoms with Crippen molar-refractivity contribution in [3.05, 3.63) is 59.7 Å². The second-order valence-corrected chi connectivity index (χ2v) is 6.43. The quantitative estimate of drug-likeness (QED) is 0.377. The molecule has 0 aliphatic rings. The number of carbonyl (C=O) groups excluding carboxylic acids is 2. The highest BCUT2D eigenvalue weighted by molar-refractivity contribution is 9.09. The topological polar surface area (TPSA) is 92.5 Å². The average Bonchev–Trinajstić information content (AvgIpc) is 3.31. The van der Waals surface area contributed by atoms with Crippen LogP contribution >= 0.6 is 15.9 Å². The van der Waals surface area contributed by atoms with Crippen LogP contribution in [0.4, 0.5) is 0 Å². The van der Waals surface area contributed by atoms with E-state index in [0.717, 1.165) is 0 Å². The van der Waals surface area contributed by atoms with Gasteiger partial charge in [-0.05, 0) is 24.3 Å². The molecular weight excluding hydrogens is 442 g/mol. The second kappa shape index (κ2) is 8.87. The first-order chi connectivity index (χ1) is 14.0. The minimum atomic E-state index is -0.299. The van der Waals surface area contributed by atoms with Crippen LogP contribution in [0.3, 0.4) is 0 Å². The highest BCUT2D eigenvalue weighted by Gasteiger charge is 2.22. The van der Waals surface area contributed by atoms with Crippen molar-refractivity contribution < 1.29 is 23.8 Å². The summed E-state index contributed by atoms with van der Waals surface area (Å²) in [7, 11) is 4.45. The maximum atomic E-state index is 13.3. The zero-order valence-electron chi connectivity index (χ0n) is 16.0. The lowest BCUT2D eigenvalue weighted by atomic mass is 9.98. The molecule has 0 aliphatic heterocycles. The van der Waals surface area contributed by atoms with Crippen LogP contribution in [0.2, 0.25) is 0 Å². The number of nitrogens with zero attached hydrogens (tertiary/aromatic N) is 3. The third-order valence-electron chi connectivity index (χ3n) is 4.28. The molecule has 29 heavy (non-hydrogen) atoms. The molecule has 3 rings (SSSR count). The van der Waals surface area contributed by atoms with E-state index in [1.807, 2.05) is 0 Å². The Morgan fingerprint density at radius 3 is 2.21 bits per heavy atom. The second-order valence-electron chi connectivity index (χ2n) is 5.87. The minimum absolute atomic E-state index is 0.113. The number of ketones is 2. The van der Waals surface area contributed by atoms with Crippen molar-refractivity contribution in [2.75, 3.05) is 26.7 Å². The van der Waals surface area contributed by atoms with Crippen LogP contribution in [0.1, 0.15) is 26.3 Å². The van der Waals surface area contributed by atoms with Crippen molar-refractivity contribution in [1.29, 1.82) is 0 Å². The number of methoxy groups -OCH3 is 3. The SMILES string of the molecule is COc1cc(C(=O)c2ccc(C(=O)CBr)cc2-n2cncn2)cc(OC)c1OC. The van der Waals surface area contributed by atoms with Gasteiger partial charge in [-0.3, -0.25) is 9.59 Å². The van der Waals surface area contributed by atoms with E-state index in [9.17, 15) is 9.59 Å². The Labute approximate surface area is 175 Å². The smallest absolute Gasteiger partial charge is 0.203 e. The van der Waals surface area contributed by atoms with Gasteiger partial charge < -0.3 is 14.2 Å². The summed E-state index contributed by atoms with van der Waals surface area (Å²) in [4.78, 5) is 29.4. The third kappa shape index (κ3) is 4.00. The van der Waals surface area contributed by atoms with Gasteiger partial charge in [0.25, 0.3) is 0 Å². The summed E-state index contributed by atoms with van der Waals surface area (Å²) in [5.74, 6) is 0.708. The molecule has 0 amide bonds. The van der Waals surface area contributed by atoms with Gasteiger partial charge in [-0.2, -0.15) is 5.10 Å². The summed E-state index contributed by atoms with van der Waals surface area (Å²) in [6.45, 7) is 0. The Morgan fingerprint density at radius 2 is 1.69 bits per heavy atom. The van der Waals surface area contributed by atoms with Gasteiger partial charge in [0, 0.05) is 16.7 Å². The van der Waals surface area contributed by atoms with E-state index in [4.69, 9.17) is 14.2 Å². The highest BCUT2D eigenvalue weighted by atomic mass is 79.9. The molecule has 0 N–H and O–H groups in total. The predicted molar refractivity (Wildman–Crippen MR) is 109 cm³/mol. The van der Waals surface area contributed by atoms with Crippen LogP contribution in [0, 0.1) is 0 Å². The molecule has 3 aromatic rings. The molecule has 9 heteroatoms. The molecule has 0 atom stereocenters. The van der Waals surface area contributed by atoms with Gasteiger partial charge in [0.1, 0.15) is 12.7 Å². The van der Waals surface area contributed by atoms with Gasteiger partial charge in [-0.15, -0.1) is 0 Å². The summed E-state index contributed by atoms with van der Waals surface area (Å²) >= 11 is 3.16. The van der Waals surface area contributed by atoms with E-state index in [-0.39, 0.29) is 16.9 Å². The molecule has 0 bridgehead atoms. The normalized spacial score (nSPS) is 10.5. The van der Waals surface area contributed by atoms with Gasteiger partial charge in [-0.1, -0.05) is 22.0 Å². The Morgan fingerprint density at radius 1 is 1.00 bits per heavy atom. The molecule has 150 valence electrons. The lowest BCUT2D eigenvalue weighted by molar-refractivity contribution is 0.101. The largest absolute Gasteiger partial charge is 0.493 e. The monoisotopic (exact) mass is 459 g/mol. The van der Waals surface area contributed by atoms with Gasteiger partial charge in [-0.25, -0.2) is 9.67 Å².